The van der Waals surface area contributed by atoms with Gasteiger partial charge in [0.15, 0.2) is 5.82 Å². The molecule has 1 aliphatic carbocycles. The third-order valence-corrected chi connectivity index (χ3v) is 10.2. The van der Waals surface area contributed by atoms with Crippen LogP contribution in [0.15, 0.2) is 146 Å². The highest BCUT2D eigenvalue weighted by Crippen LogP contribution is 2.50. The zero-order valence-electron chi connectivity index (χ0n) is 26.6. The molecule has 4 heteroatoms. The first-order valence-electron chi connectivity index (χ1n) is 16.4. The minimum atomic E-state index is -0.316. The molecule has 0 aliphatic heterocycles. The van der Waals surface area contributed by atoms with Crippen LogP contribution in [-0.2, 0) is 5.41 Å². The molecule has 0 radical (unpaired) electrons. The highest BCUT2D eigenvalue weighted by molar-refractivity contribution is 6.17. The Morgan fingerprint density at radius 3 is 1.71 bits per heavy atom. The van der Waals surface area contributed by atoms with Crippen LogP contribution in [0.3, 0.4) is 0 Å². The lowest BCUT2D eigenvalue weighted by molar-refractivity contribution is 0.635. The fourth-order valence-corrected chi connectivity index (χ4v) is 7.75. The standard InChI is InChI=1S/C44H30N4/c1-44(2)37-17-16-33(27-18-20-45-21-19-27)24-36(37)41-42(44)46-40(28-10-4-3-5-11-28)43(47-41)48-38-25-31-14-8-6-12-29(31)22-34(38)35-23-30-13-7-9-15-32(30)26-39(35)48/h3-26H,1-2H3. The van der Waals surface area contributed by atoms with Gasteiger partial charge in [-0.05, 0) is 80.7 Å². The van der Waals surface area contributed by atoms with E-state index in [9.17, 15) is 0 Å². The van der Waals surface area contributed by atoms with Crippen molar-refractivity contribution in [1.29, 1.82) is 0 Å². The summed E-state index contributed by atoms with van der Waals surface area (Å²) in [5, 5.41) is 7.25. The molecule has 9 aromatic rings. The maximum Gasteiger partial charge on any atom is 0.165 e. The summed E-state index contributed by atoms with van der Waals surface area (Å²) < 4.78 is 2.36. The van der Waals surface area contributed by atoms with E-state index in [-0.39, 0.29) is 5.41 Å². The minimum Gasteiger partial charge on any atom is -0.292 e. The zero-order chi connectivity index (χ0) is 32.0. The third kappa shape index (κ3) is 3.86. The van der Waals surface area contributed by atoms with Crippen molar-refractivity contribution in [3.05, 3.63) is 157 Å². The van der Waals surface area contributed by atoms with Gasteiger partial charge in [0.25, 0.3) is 0 Å². The lowest BCUT2D eigenvalue weighted by atomic mass is 9.84. The van der Waals surface area contributed by atoms with Crippen LogP contribution in [0.2, 0.25) is 0 Å². The van der Waals surface area contributed by atoms with E-state index < -0.39 is 0 Å². The molecule has 226 valence electrons. The number of rotatable bonds is 3. The largest absolute Gasteiger partial charge is 0.292 e. The second kappa shape index (κ2) is 9.93. The van der Waals surface area contributed by atoms with E-state index in [0.29, 0.717) is 0 Å². The average molecular weight is 615 g/mol. The Labute approximate surface area is 278 Å². The number of pyridine rings is 1. The monoisotopic (exact) mass is 614 g/mol. The first-order chi connectivity index (χ1) is 23.5. The van der Waals surface area contributed by atoms with Crippen LogP contribution in [0.5, 0.6) is 0 Å². The predicted octanol–water partition coefficient (Wildman–Crippen LogP) is 10.9. The molecular weight excluding hydrogens is 585 g/mol. The summed E-state index contributed by atoms with van der Waals surface area (Å²) in [6.45, 7) is 4.54. The molecule has 0 atom stereocenters. The summed E-state index contributed by atoms with van der Waals surface area (Å²) in [6, 6.07) is 47.9. The van der Waals surface area contributed by atoms with Crippen molar-refractivity contribution < 1.29 is 0 Å². The molecule has 4 nitrogen and oxygen atoms in total. The lowest BCUT2D eigenvalue weighted by Gasteiger charge is -2.21. The van der Waals surface area contributed by atoms with E-state index in [4.69, 9.17) is 9.97 Å². The first kappa shape index (κ1) is 27.0. The maximum absolute atomic E-state index is 5.69. The Bertz CT molecular complexity index is 2650. The fraction of sp³-hybridized carbons (Fsp3) is 0.0682. The van der Waals surface area contributed by atoms with Crippen molar-refractivity contribution >= 4 is 43.4 Å². The first-order valence-corrected chi connectivity index (χ1v) is 16.4. The molecule has 3 aromatic heterocycles. The molecule has 0 saturated heterocycles. The van der Waals surface area contributed by atoms with Crippen molar-refractivity contribution in [3.63, 3.8) is 0 Å². The number of aromatic nitrogens is 4. The van der Waals surface area contributed by atoms with E-state index >= 15 is 0 Å². The molecule has 0 amide bonds. The maximum atomic E-state index is 5.69. The van der Waals surface area contributed by atoms with Crippen molar-refractivity contribution in [2.45, 2.75) is 19.3 Å². The fourth-order valence-electron chi connectivity index (χ4n) is 7.75. The van der Waals surface area contributed by atoms with E-state index in [2.05, 4.69) is 157 Å². The van der Waals surface area contributed by atoms with Crippen molar-refractivity contribution in [1.82, 2.24) is 19.5 Å². The van der Waals surface area contributed by atoms with Gasteiger partial charge in [0.1, 0.15) is 5.69 Å². The Balaban J connectivity index is 1.35. The molecular formula is C44H30N4. The summed E-state index contributed by atoms with van der Waals surface area (Å²) in [7, 11) is 0. The van der Waals surface area contributed by atoms with Gasteiger partial charge < -0.3 is 0 Å². The molecule has 0 saturated carbocycles. The summed E-state index contributed by atoms with van der Waals surface area (Å²) in [5.74, 6) is 0.837. The lowest BCUT2D eigenvalue weighted by Crippen LogP contribution is -2.18. The molecule has 0 fully saturated rings. The predicted molar refractivity (Wildman–Crippen MR) is 198 cm³/mol. The highest BCUT2D eigenvalue weighted by atomic mass is 15.1. The topological polar surface area (TPSA) is 43.6 Å². The molecule has 1 aliphatic rings. The Morgan fingerprint density at radius 2 is 1.08 bits per heavy atom. The Kier molecular flexibility index (Phi) is 5.59. The minimum absolute atomic E-state index is 0.316. The van der Waals surface area contributed by atoms with Crippen LogP contribution in [-0.4, -0.2) is 19.5 Å². The van der Waals surface area contributed by atoms with Crippen LogP contribution in [0.25, 0.3) is 82.8 Å². The molecule has 0 bridgehead atoms. The number of nitrogens with zero attached hydrogens (tertiary/aromatic N) is 4. The number of hydrogen-bond acceptors (Lipinski definition) is 3. The highest BCUT2D eigenvalue weighted by Gasteiger charge is 2.40. The normalized spacial score (nSPS) is 13.4. The SMILES string of the molecule is CC1(C)c2ccc(-c3ccncc3)cc2-c2nc(-n3c4cc5ccccc5cc4c4cc5ccccc5cc43)c(-c3ccccc3)nc21. The molecule has 6 aromatic carbocycles. The van der Waals surface area contributed by atoms with E-state index in [1.807, 2.05) is 12.4 Å². The second-order valence-corrected chi connectivity index (χ2v) is 13.3. The van der Waals surface area contributed by atoms with Crippen LogP contribution >= 0.6 is 0 Å². The van der Waals surface area contributed by atoms with Gasteiger partial charge in [-0.2, -0.15) is 0 Å². The molecule has 48 heavy (non-hydrogen) atoms. The Morgan fingerprint density at radius 1 is 0.500 bits per heavy atom. The summed E-state index contributed by atoms with van der Waals surface area (Å²) in [5.41, 5.74) is 10.4. The number of fused-ring (bicyclic) bond motifs is 8. The van der Waals surface area contributed by atoms with Crippen LogP contribution < -0.4 is 0 Å². The molecule has 10 rings (SSSR count). The summed E-state index contributed by atoms with van der Waals surface area (Å²) in [4.78, 5) is 15.5. The summed E-state index contributed by atoms with van der Waals surface area (Å²) in [6.07, 6.45) is 3.69. The second-order valence-electron chi connectivity index (χ2n) is 13.3. The van der Waals surface area contributed by atoms with Crippen molar-refractivity contribution in [3.8, 4) is 39.5 Å². The molecule has 0 N–H and O–H groups in total. The molecule has 0 unspecified atom stereocenters. The average Bonchev–Trinajstić information content (AvgIpc) is 3.55. The van der Waals surface area contributed by atoms with E-state index in [1.54, 1.807) is 0 Å². The van der Waals surface area contributed by atoms with Gasteiger partial charge in [0.05, 0.1) is 22.4 Å². The number of hydrogen-bond donors (Lipinski definition) is 0. The van der Waals surface area contributed by atoms with Gasteiger partial charge in [0, 0.05) is 39.7 Å². The van der Waals surface area contributed by atoms with E-state index in [1.165, 1.54) is 37.9 Å². The van der Waals surface area contributed by atoms with Crippen molar-refractivity contribution in [2.75, 3.05) is 0 Å². The quantitative estimate of drug-likeness (QED) is 0.199. The van der Waals surface area contributed by atoms with Crippen LogP contribution in [0.4, 0.5) is 0 Å². The van der Waals surface area contributed by atoms with Gasteiger partial charge in [0.2, 0.25) is 0 Å². The van der Waals surface area contributed by atoms with E-state index in [0.717, 1.165) is 56.2 Å². The van der Waals surface area contributed by atoms with Gasteiger partial charge in [-0.3, -0.25) is 9.55 Å². The van der Waals surface area contributed by atoms with Gasteiger partial charge in [-0.15, -0.1) is 0 Å². The van der Waals surface area contributed by atoms with Gasteiger partial charge in [-0.25, -0.2) is 9.97 Å². The zero-order valence-corrected chi connectivity index (χ0v) is 26.6. The number of benzene rings is 6. The van der Waals surface area contributed by atoms with Crippen molar-refractivity contribution in [2.24, 2.45) is 0 Å². The summed E-state index contributed by atoms with van der Waals surface area (Å²) >= 11 is 0. The van der Waals surface area contributed by atoms with Gasteiger partial charge >= 0.3 is 0 Å². The third-order valence-electron chi connectivity index (χ3n) is 10.2. The van der Waals surface area contributed by atoms with Crippen LogP contribution in [0, 0.1) is 0 Å². The van der Waals surface area contributed by atoms with Gasteiger partial charge in [-0.1, -0.05) is 105 Å². The molecule has 0 spiro atoms. The van der Waals surface area contributed by atoms with Crippen LogP contribution in [0.1, 0.15) is 25.1 Å². The Hall–Kier alpha value is -6.13. The molecule has 3 heterocycles. The smallest absolute Gasteiger partial charge is 0.165 e.